The first-order valence-corrected chi connectivity index (χ1v) is 9.01. The van der Waals surface area contributed by atoms with Gasteiger partial charge in [0.25, 0.3) is 16.0 Å². The van der Waals surface area contributed by atoms with Gasteiger partial charge in [-0.05, 0) is 54.3 Å². The first-order chi connectivity index (χ1) is 12.1. The number of phenols is 1. The van der Waals surface area contributed by atoms with Gasteiger partial charge in [0, 0.05) is 16.6 Å². The van der Waals surface area contributed by atoms with Crippen LogP contribution in [0.2, 0.25) is 0 Å². The number of anilines is 2. The summed E-state index contributed by atoms with van der Waals surface area (Å²) in [5.41, 5.74) is 7.52. The van der Waals surface area contributed by atoms with Crippen LogP contribution in [0.1, 0.15) is 15.9 Å². The molecule has 0 saturated heterocycles. The summed E-state index contributed by atoms with van der Waals surface area (Å²) in [7, 11) is -4.47. The Bertz CT molecular complexity index is 1140. The van der Waals surface area contributed by atoms with E-state index in [0.29, 0.717) is 22.0 Å². The molecule has 0 bridgehead atoms. The number of aryl methyl sites for hydroxylation is 1. The Morgan fingerprint density at radius 3 is 2.46 bits per heavy atom. The summed E-state index contributed by atoms with van der Waals surface area (Å²) in [5, 5.41) is 13.2. The fourth-order valence-corrected chi connectivity index (χ4v) is 3.09. The van der Waals surface area contributed by atoms with E-state index < -0.39 is 16.0 Å². The quantitative estimate of drug-likeness (QED) is 0.413. The average molecular weight is 372 g/mol. The van der Waals surface area contributed by atoms with E-state index in [0.717, 1.165) is 11.6 Å². The minimum absolute atomic E-state index is 0.0489. The normalized spacial score (nSPS) is 11.5. The number of carbonyl (C=O) groups excluding carboxylic acids is 1. The Morgan fingerprint density at radius 2 is 1.81 bits per heavy atom. The van der Waals surface area contributed by atoms with Gasteiger partial charge in [0.1, 0.15) is 5.75 Å². The molecule has 0 fully saturated rings. The molecule has 0 radical (unpaired) electrons. The highest BCUT2D eigenvalue weighted by Gasteiger charge is 2.16. The number of nitrogen functional groups attached to an aromatic ring is 1. The Balaban J connectivity index is 2.11. The van der Waals surface area contributed by atoms with E-state index in [1.807, 2.05) is 6.92 Å². The summed E-state index contributed by atoms with van der Waals surface area (Å²) >= 11 is 0. The highest BCUT2D eigenvalue weighted by molar-refractivity contribution is 7.85. The van der Waals surface area contributed by atoms with Crippen molar-refractivity contribution < 1.29 is 22.9 Å². The number of nitrogens with two attached hydrogens (primary N) is 1. The minimum Gasteiger partial charge on any atom is -0.508 e. The summed E-state index contributed by atoms with van der Waals surface area (Å²) in [5.74, 6) is -0.555. The van der Waals surface area contributed by atoms with Gasteiger partial charge in [-0.15, -0.1) is 0 Å². The van der Waals surface area contributed by atoms with Crippen LogP contribution < -0.4 is 11.1 Å². The predicted molar refractivity (Wildman–Crippen MR) is 99.0 cm³/mol. The SMILES string of the molecule is Cc1ccc(C(=O)Nc2cc(S(=O)(=O)O)cc3ccc(O)cc23)cc1N. The molecule has 0 saturated carbocycles. The van der Waals surface area contributed by atoms with E-state index in [9.17, 15) is 22.9 Å². The van der Waals surface area contributed by atoms with Crippen molar-refractivity contribution in [2.24, 2.45) is 0 Å². The van der Waals surface area contributed by atoms with Crippen LogP contribution in [0.5, 0.6) is 5.75 Å². The van der Waals surface area contributed by atoms with Crippen molar-refractivity contribution in [2.45, 2.75) is 11.8 Å². The van der Waals surface area contributed by atoms with Crippen molar-refractivity contribution in [2.75, 3.05) is 11.1 Å². The average Bonchev–Trinajstić information content (AvgIpc) is 2.56. The molecule has 0 heterocycles. The number of amides is 1. The molecule has 26 heavy (non-hydrogen) atoms. The molecule has 1 amide bonds. The first-order valence-electron chi connectivity index (χ1n) is 7.57. The highest BCUT2D eigenvalue weighted by Crippen LogP contribution is 2.31. The van der Waals surface area contributed by atoms with E-state index in [2.05, 4.69) is 5.32 Å². The fourth-order valence-electron chi connectivity index (χ4n) is 2.55. The van der Waals surface area contributed by atoms with Crippen molar-refractivity contribution >= 4 is 38.2 Å². The van der Waals surface area contributed by atoms with Crippen molar-refractivity contribution in [3.05, 3.63) is 59.7 Å². The molecule has 5 N–H and O–H groups in total. The third kappa shape index (κ3) is 3.46. The number of hydrogen-bond acceptors (Lipinski definition) is 5. The summed E-state index contributed by atoms with van der Waals surface area (Å²) in [6.07, 6.45) is 0. The van der Waals surface area contributed by atoms with Gasteiger partial charge in [-0.2, -0.15) is 8.42 Å². The maximum atomic E-state index is 12.5. The van der Waals surface area contributed by atoms with E-state index in [4.69, 9.17) is 5.73 Å². The van der Waals surface area contributed by atoms with E-state index in [1.165, 1.54) is 30.3 Å². The first kappa shape index (κ1) is 17.7. The van der Waals surface area contributed by atoms with Crippen LogP contribution in [-0.2, 0) is 10.1 Å². The van der Waals surface area contributed by atoms with Gasteiger partial charge in [0.2, 0.25) is 0 Å². The maximum Gasteiger partial charge on any atom is 0.294 e. The van der Waals surface area contributed by atoms with Crippen LogP contribution in [0, 0.1) is 6.92 Å². The summed E-state index contributed by atoms with van der Waals surface area (Å²) < 4.78 is 32.4. The lowest BCUT2D eigenvalue weighted by atomic mass is 10.1. The smallest absolute Gasteiger partial charge is 0.294 e. The van der Waals surface area contributed by atoms with Crippen LogP contribution in [0.3, 0.4) is 0 Å². The van der Waals surface area contributed by atoms with Gasteiger partial charge in [0.05, 0.1) is 10.6 Å². The second-order valence-corrected chi connectivity index (χ2v) is 7.30. The van der Waals surface area contributed by atoms with Crippen LogP contribution >= 0.6 is 0 Å². The van der Waals surface area contributed by atoms with Crippen molar-refractivity contribution in [3.63, 3.8) is 0 Å². The molecule has 0 unspecified atom stereocenters. The van der Waals surface area contributed by atoms with Gasteiger partial charge in [-0.1, -0.05) is 12.1 Å². The maximum absolute atomic E-state index is 12.5. The number of hydrogen-bond donors (Lipinski definition) is 4. The summed E-state index contributed by atoms with van der Waals surface area (Å²) in [6, 6.07) is 11.4. The molecule has 7 nitrogen and oxygen atoms in total. The molecule has 0 aromatic heterocycles. The minimum atomic E-state index is -4.47. The highest BCUT2D eigenvalue weighted by atomic mass is 32.2. The number of benzene rings is 3. The zero-order chi connectivity index (χ0) is 19.1. The number of fused-ring (bicyclic) bond motifs is 1. The second kappa shape index (κ2) is 6.32. The number of rotatable bonds is 3. The van der Waals surface area contributed by atoms with Gasteiger partial charge in [0.15, 0.2) is 0 Å². The lowest BCUT2D eigenvalue weighted by Crippen LogP contribution is -2.13. The lowest BCUT2D eigenvalue weighted by Gasteiger charge is -2.12. The van der Waals surface area contributed by atoms with Gasteiger partial charge in [-0.3, -0.25) is 9.35 Å². The molecule has 3 aromatic rings. The lowest BCUT2D eigenvalue weighted by molar-refractivity contribution is 0.102. The van der Waals surface area contributed by atoms with E-state index >= 15 is 0 Å². The number of phenolic OH excluding ortho intramolecular Hbond substituents is 1. The number of aromatic hydroxyl groups is 1. The molecule has 3 aromatic carbocycles. The van der Waals surface area contributed by atoms with Gasteiger partial charge < -0.3 is 16.2 Å². The van der Waals surface area contributed by atoms with E-state index in [-0.39, 0.29) is 16.3 Å². The second-order valence-electron chi connectivity index (χ2n) is 5.88. The molecule has 0 aliphatic heterocycles. The topological polar surface area (TPSA) is 130 Å². The zero-order valence-electron chi connectivity index (χ0n) is 13.7. The monoisotopic (exact) mass is 372 g/mol. The van der Waals surface area contributed by atoms with Crippen molar-refractivity contribution in [1.82, 2.24) is 0 Å². The predicted octanol–water partition coefficient (Wildman–Crippen LogP) is 2.94. The Kier molecular flexibility index (Phi) is 4.31. The third-order valence-corrected chi connectivity index (χ3v) is 4.83. The summed E-state index contributed by atoms with van der Waals surface area (Å²) in [4.78, 5) is 12.2. The fraction of sp³-hybridized carbons (Fsp3) is 0.0556. The summed E-state index contributed by atoms with van der Waals surface area (Å²) in [6.45, 7) is 1.81. The molecular formula is C18H16N2O5S. The standard InChI is InChI=1S/C18H16N2O5S/c1-10-2-3-12(7-16(10)19)18(22)20-17-9-14(26(23,24)25)6-11-4-5-13(21)8-15(11)17/h2-9,21H,19H2,1H3,(H,20,22)(H,23,24,25). The van der Waals surface area contributed by atoms with E-state index in [1.54, 1.807) is 12.1 Å². The third-order valence-electron chi connectivity index (χ3n) is 4.00. The molecule has 8 heteroatoms. The zero-order valence-corrected chi connectivity index (χ0v) is 14.5. The van der Waals surface area contributed by atoms with Crippen molar-refractivity contribution in [3.8, 4) is 5.75 Å². The van der Waals surface area contributed by atoms with Crippen LogP contribution in [0.4, 0.5) is 11.4 Å². The molecule has 0 atom stereocenters. The van der Waals surface area contributed by atoms with Crippen LogP contribution in [0.15, 0.2) is 53.4 Å². The Morgan fingerprint density at radius 1 is 1.08 bits per heavy atom. The number of nitrogens with one attached hydrogen (secondary N) is 1. The Hall–Kier alpha value is -3.10. The van der Waals surface area contributed by atoms with Crippen molar-refractivity contribution in [1.29, 1.82) is 0 Å². The number of carbonyl (C=O) groups is 1. The van der Waals surface area contributed by atoms with Crippen LogP contribution in [0.25, 0.3) is 10.8 Å². The van der Waals surface area contributed by atoms with Gasteiger partial charge >= 0.3 is 0 Å². The Labute approximate surface area is 149 Å². The molecular weight excluding hydrogens is 356 g/mol. The molecule has 0 spiro atoms. The van der Waals surface area contributed by atoms with Crippen LogP contribution in [-0.4, -0.2) is 24.0 Å². The van der Waals surface area contributed by atoms with Gasteiger partial charge in [-0.25, -0.2) is 0 Å². The molecule has 134 valence electrons. The molecule has 0 aliphatic rings. The largest absolute Gasteiger partial charge is 0.508 e. The molecule has 3 rings (SSSR count). The molecule has 0 aliphatic carbocycles.